The van der Waals surface area contributed by atoms with Crippen LogP contribution in [0.2, 0.25) is 0 Å². The zero-order valence-corrected chi connectivity index (χ0v) is 28.7. The number of amides is 1. The highest BCUT2D eigenvalue weighted by Gasteiger charge is 2.41. The van der Waals surface area contributed by atoms with Crippen LogP contribution in [0.1, 0.15) is 65.7 Å². The predicted octanol–water partition coefficient (Wildman–Crippen LogP) is 8.34. The second-order valence-corrected chi connectivity index (χ2v) is 15.6. The number of halogens is 1. The lowest BCUT2D eigenvalue weighted by Crippen LogP contribution is -2.44. The molecule has 0 saturated carbocycles. The van der Waals surface area contributed by atoms with Gasteiger partial charge in [0.05, 0.1) is 18.5 Å². The van der Waals surface area contributed by atoms with Gasteiger partial charge in [-0.3, -0.25) is 4.79 Å². The first-order chi connectivity index (χ1) is 21.8. The summed E-state index contributed by atoms with van der Waals surface area (Å²) >= 11 is 1.36. The molecule has 246 valence electrons. The molecule has 0 radical (unpaired) electrons. The van der Waals surface area contributed by atoms with Crippen molar-refractivity contribution in [3.63, 3.8) is 0 Å². The van der Waals surface area contributed by atoms with Gasteiger partial charge in [-0.2, -0.15) is 0 Å². The minimum atomic E-state index is -0.398. The topological polar surface area (TPSA) is 92.3 Å². The molecule has 1 aliphatic rings. The van der Waals surface area contributed by atoms with Gasteiger partial charge in [-0.1, -0.05) is 47.6 Å². The standard InChI is InChI=1S/C36H47FN6O2S/c1-35(2,3)32(36(4,5)6)24-13-16-43(17-14-24)15-8-18-45-27-11-12-29-30(20-27)39-23-40-33(29)42-34-38-22-28(46-34)21-31(44)41-26-10-7-9-25(37)19-26/h7,9-12,19-20,22-24,32H,8,13-18,21H2,1-6H3,(H,41,44)(H,38,39,40,42). The number of anilines is 3. The third-order valence-corrected chi connectivity index (χ3v) is 9.60. The summed E-state index contributed by atoms with van der Waals surface area (Å²) in [4.78, 5) is 29.1. The molecule has 0 spiro atoms. The molecule has 1 amide bonds. The fourth-order valence-corrected chi connectivity index (χ4v) is 8.22. The summed E-state index contributed by atoms with van der Waals surface area (Å²) < 4.78 is 19.5. The first-order valence-electron chi connectivity index (χ1n) is 16.2. The Labute approximate surface area is 276 Å². The number of nitrogens with zero attached hydrogens (tertiary/aromatic N) is 4. The van der Waals surface area contributed by atoms with E-state index in [2.05, 4.69) is 72.0 Å². The van der Waals surface area contributed by atoms with Crippen molar-refractivity contribution in [3.05, 3.63) is 65.7 Å². The van der Waals surface area contributed by atoms with Gasteiger partial charge in [-0.05, 0) is 85.3 Å². The molecule has 5 rings (SSSR count). The number of aromatic nitrogens is 3. The maximum atomic E-state index is 13.4. The van der Waals surface area contributed by atoms with Gasteiger partial charge < -0.3 is 20.3 Å². The molecule has 2 aromatic heterocycles. The summed E-state index contributed by atoms with van der Waals surface area (Å²) in [5.74, 6) is 2.27. The quantitative estimate of drug-likeness (QED) is 0.158. The van der Waals surface area contributed by atoms with Crippen molar-refractivity contribution in [1.29, 1.82) is 0 Å². The molecular formula is C36H47FN6O2S. The van der Waals surface area contributed by atoms with E-state index >= 15 is 0 Å². The molecule has 10 heteroatoms. The third-order valence-electron chi connectivity index (χ3n) is 8.69. The van der Waals surface area contributed by atoms with Crippen molar-refractivity contribution in [2.24, 2.45) is 22.7 Å². The molecule has 46 heavy (non-hydrogen) atoms. The van der Waals surface area contributed by atoms with Gasteiger partial charge in [0, 0.05) is 34.8 Å². The van der Waals surface area contributed by atoms with E-state index < -0.39 is 5.82 Å². The number of carbonyl (C=O) groups excluding carboxylic acids is 1. The smallest absolute Gasteiger partial charge is 0.229 e. The summed E-state index contributed by atoms with van der Waals surface area (Å²) in [6.45, 7) is 18.5. The van der Waals surface area contributed by atoms with E-state index in [0.29, 0.717) is 40.0 Å². The average molecular weight is 647 g/mol. The van der Waals surface area contributed by atoms with E-state index in [1.807, 2.05) is 18.2 Å². The Morgan fingerprint density at radius 1 is 1.04 bits per heavy atom. The molecule has 3 heterocycles. The van der Waals surface area contributed by atoms with Gasteiger partial charge in [0.1, 0.15) is 23.7 Å². The average Bonchev–Trinajstić information content (AvgIpc) is 3.41. The molecule has 1 aliphatic heterocycles. The van der Waals surface area contributed by atoms with Gasteiger partial charge in [0.2, 0.25) is 5.91 Å². The van der Waals surface area contributed by atoms with Crippen LogP contribution in [0.25, 0.3) is 10.9 Å². The molecule has 0 unspecified atom stereocenters. The molecule has 0 bridgehead atoms. The molecule has 1 saturated heterocycles. The van der Waals surface area contributed by atoms with Crippen LogP contribution in [0.5, 0.6) is 5.75 Å². The summed E-state index contributed by atoms with van der Waals surface area (Å²) in [5, 5.41) is 7.44. The lowest BCUT2D eigenvalue weighted by molar-refractivity contribution is -0.115. The Kier molecular flexibility index (Phi) is 10.6. The number of thiazole rings is 1. The van der Waals surface area contributed by atoms with E-state index in [-0.39, 0.29) is 12.3 Å². The zero-order chi connectivity index (χ0) is 32.9. The van der Waals surface area contributed by atoms with Gasteiger partial charge in [0.15, 0.2) is 5.13 Å². The Hall–Kier alpha value is -3.63. The largest absolute Gasteiger partial charge is 0.493 e. The van der Waals surface area contributed by atoms with Crippen molar-refractivity contribution < 1.29 is 13.9 Å². The summed E-state index contributed by atoms with van der Waals surface area (Å²) in [6, 6.07) is 11.7. The predicted molar refractivity (Wildman–Crippen MR) is 185 cm³/mol. The van der Waals surface area contributed by atoms with Crippen LogP contribution in [0.4, 0.5) is 21.0 Å². The molecule has 4 aromatic rings. The number of likely N-dealkylation sites (tertiary alicyclic amines) is 1. The monoisotopic (exact) mass is 646 g/mol. The lowest BCUT2D eigenvalue weighted by atomic mass is 9.59. The van der Waals surface area contributed by atoms with E-state index in [1.54, 1.807) is 18.3 Å². The molecule has 1 fully saturated rings. The molecule has 0 aliphatic carbocycles. The van der Waals surface area contributed by atoms with E-state index in [4.69, 9.17) is 4.74 Å². The third kappa shape index (κ3) is 9.00. The Bertz CT molecular complexity index is 1610. The zero-order valence-electron chi connectivity index (χ0n) is 27.9. The molecule has 2 aromatic carbocycles. The minimum absolute atomic E-state index is 0.133. The van der Waals surface area contributed by atoms with Crippen LogP contribution >= 0.6 is 11.3 Å². The van der Waals surface area contributed by atoms with Crippen molar-refractivity contribution in [1.82, 2.24) is 19.9 Å². The number of nitrogens with one attached hydrogen (secondary N) is 2. The van der Waals surface area contributed by atoms with Crippen molar-refractivity contribution in [2.75, 3.05) is 36.9 Å². The van der Waals surface area contributed by atoms with E-state index in [9.17, 15) is 9.18 Å². The SMILES string of the molecule is CC(C)(C)C(C1CCN(CCCOc2ccc3c(Nc4ncc(CC(=O)Nc5cccc(F)c5)s4)ncnc3c2)CC1)C(C)(C)C. The number of fused-ring (bicyclic) bond motifs is 1. The number of hydrogen-bond donors (Lipinski definition) is 2. The number of ether oxygens (including phenoxy) is 1. The minimum Gasteiger partial charge on any atom is -0.493 e. The number of benzene rings is 2. The van der Waals surface area contributed by atoms with Crippen LogP contribution in [0.15, 0.2) is 55.0 Å². The number of hydrogen-bond acceptors (Lipinski definition) is 8. The maximum Gasteiger partial charge on any atom is 0.229 e. The second-order valence-electron chi connectivity index (χ2n) is 14.5. The fourth-order valence-electron chi connectivity index (χ4n) is 7.41. The summed E-state index contributed by atoms with van der Waals surface area (Å²) in [5.41, 5.74) is 1.83. The Balaban J connectivity index is 1.09. The number of rotatable bonds is 11. The van der Waals surface area contributed by atoms with Crippen LogP contribution in [-0.2, 0) is 11.2 Å². The number of piperidine rings is 1. The highest BCUT2D eigenvalue weighted by molar-refractivity contribution is 7.15. The first kappa shape index (κ1) is 33.7. The number of carbonyl (C=O) groups is 1. The normalized spacial score (nSPS) is 15.0. The Morgan fingerprint density at radius 3 is 2.52 bits per heavy atom. The Morgan fingerprint density at radius 2 is 1.80 bits per heavy atom. The maximum absolute atomic E-state index is 13.4. The highest BCUT2D eigenvalue weighted by atomic mass is 32.1. The van der Waals surface area contributed by atoms with Crippen molar-refractivity contribution in [3.8, 4) is 5.75 Å². The molecule has 2 N–H and O–H groups in total. The second kappa shape index (κ2) is 14.4. The van der Waals surface area contributed by atoms with E-state index in [1.165, 1.54) is 55.7 Å². The van der Waals surface area contributed by atoms with Crippen molar-refractivity contribution in [2.45, 2.75) is 67.2 Å². The van der Waals surface area contributed by atoms with Crippen LogP contribution in [-0.4, -0.2) is 52.0 Å². The molecule has 0 atom stereocenters. The van der Waals surface area contributed by atoms with Gasteiger partial charge in [-0.15, -0.1) is 11.3 Å². The first-order valence-corrected chi connectivity index (χ1v) is 17.0. The van der Waals surface area contributed by atoms with Crippen molar-refractivity contribution >= 4 is 44.8 Å². The lowest BCUT2D eigenvalue weighted by Gasteiger charge is -2.48. The summed E-state index contributed by atoms with van der Waals surface area (Å²) in [6.07, 6.45) is 6.83. The van der Waals surface area contributed by atoms with Crippen LogP contribution in [0.3, 0.4) is 0 Å². The highest BCUT2D eigenvalue weighted by Crippen LogP contribution is 2.47. The van der Waals surface area contributed by atoms with Crippen LogP contribution in [0, 0.1) is 28.5 Å². The van der Waals surface area contributed by atoms with Gasteiger partial charge in [-0.25, -0.2) is 19.3 Å². The molecule has 8 nitrogen and oxygen atoms in total. The fraction of sp³-hybridized carbons (Fsp3) is 0.500. The van der Waals surface area contributed by atoms with E-state index in [0.717, 1.165) is 40.4 Å². The van der Waals surface area contributed by atoms with Gasteiger partial charge in [0.25, 0.3) is 0 Å². The van der Waals surface area contributed by atoms with Crippen LogP contribution < -0.4 is 15.4 Å². The molecular weight excluding hydrogens is 600 g/mol. The summed E-state index contributed by atoms with van der Waals surface area (Å²) in [7, 11) is 0. The van der Waals surface area contributed by atoms with Gasteiger partial charge >= 0.3 is 0 Å².